The molecule has 1 heterocycles. The molecule has 1 aromatic heterocycles. The molecule has 1 aliphatic rings. The summed E-state index contributed by atoms with van der Waals surface area (Å²) in [5.74, 6) is 0.858. The molecule has 0 aliphatic heterocycles. The quantitative estimate of drug-likeness (QED) is 0.901. The average molecular weight is 246 g/mol. The normalized spacial score (nSPS) is 15.0. The highest BCUT2D eigenvalue weighted by Crippen LogP contribution is 2.26. The first-order chi connectivity index (χ1) is 8.74. The molecule has 3 nitrogen and oxygen atoms in total. The number of rotatable bonds is 4. The second-order valence-electron chi connectivity index (χ2n) is 4.71. The fourth-order valence-corrected chi connectivity index (χ4v) is 1.87. The van der Waals surface area contributed by atoms with Crippen LogP contribution in [-0.4, -0.2) is 11.0 Å². The van der Waals surface area contributed by atoms with E-state index in [0.29, 0.717) is 35.4 Å². The standard InChI is InChI=1S/C14H15FN2O/c1-9-3-2-4-11(14(9)15)12-7-17-13(18-12)8-16-10-5-6-10/h2-4,7,10,16H,5-6,8H2,1H3. The molecule has 1 N–H and O–H groups in total. The summed E-state index contributed by atoms with van der Waals surface area (Å²) in [5.41, 5.74) is 1.08. The number of hydrogen-bond donors (Lipinski definition) is 1. The number of oxazole rings is 1. The third-order valence-electron chi connectivity index (χ3n) is 3.13. The van der Waals surface area contributed by atoms with Gasteiger partial charge in [-0.2, -0.15) is 0 Å². The van der Waals surface area contributed by atoms with Crippen molar-refractivity contribution in [1.82, 2.24) is 10.3 Å². The van der Waals surface area contributed by atoms with Gasteiger partial charge in [-0.05, 0) is 31.4 Å². The molecule has 4 heteroatoms. The molecule has 1 aliphatic carbocycles. The predicted molar refractivity (Wildman–Crippen MR) is 66.5 cm³/mol. The lowest BCUT2D eigenvalue weighted by Gasteiger charge is -2.01. The number of benzene rings is 1. The molecule has 18 heavy (non-hydrogen) atoms. The third-order valence-corrected chi connectivity index (χ3v) is 3.13. The first kappa shape index (κ1) is 11.4. The van der Waals surface area contributed by atoms with E-state index in [-0.39, 0.29) is 5.82 Å². The van der Waals surface area contributed by atoms with Gasteiger partial charge in [0.05, 0.1) is 18.3 Å². The zero-order valence-electron chi connectivity index (χ0n) is 10.2. The Kier molecular flexibility index (Phi) is 2.88. The van der Waals surface area contributed by atoms with E-state index in [1.165, 1.54) is 12.8 Å². The first-order valence-electron chi connectivity index (χ1n) is 6.17. The summed E-state index contributed by atoms with van der Waals surface area (Å²) < 4.78 is 19.5. The minimum Gasteiger partial charge on any atom is -0.439 e. The van der Waals surface area contributed by atoms with Crippen molar-refractivity contribution >= 4 is 0 Å². The van der Waals surface area contributed by atoms with Crippen LogP contribution in [0.25, 0.3) is 11.3 Å². The van der Waals surface area contributed by atoms with E-state index in [4.69, 9.17) is 4.42 Å². The van der Waals surface area contributed by atoms with Crippen LogP contribution >= 0.6 is 0 Å². The summed E-state index contributed by atoms with van der Waals surface area (Å²) in [5, 5.41) is 3.31. The fourth-order valence-electron chi connectivity index (χ4n) is 1.87. The van der Waals surface area contributed by atoms with Gasteiger partial charge in [0.1, 0.15) is 5.82 Å². The Bertz CT molecular complexity index is 561. The molecular weight excluding hydrogens is 231 g/mol. The number of aryl methyl sites for hydroxylation is 1. The molecule has 3 rings (SSSR count). The maximum Gasteiger partial charge on any atom is 0.208 e. The highest BCUT2D eigenvalue weighted by atomic mass is 19.1. The monoisotopic (exact) mass is 246 g/mol. The van der Waals surface area contributed by atoms with Crippen LogP contribution in [0.2, 0.25) is 0 Å². The second kappa shape index (κ2) is 4.53. The van der Waals surface area contributed by atoms with Crippen LogP contribution in [-0.2, 0) is 6.54 Å². The molecular formula is C14H15FN2O. The average Bonchev–Trinajstić information content (AvgIpc) is 3.08. The first-order valence-corrected chi connectivity index (χ1v) is 6.17. The van der Waals surface area contributed by atoms with Crippen LogP contribution in [0.5, 0.6) is 0 Å². The molecule has 0 atom stereocenters. The summed E-state index contributed by atoms with van der Waals surface area (Å²) in [4.78, 5) is 4.17. The molecule has 1 saturated carbocycles. The van der Waals surface area contributed by atoms with Crippen molar-refractivity contribution in [3.63, 3.8) is 0 Å². The number of nitrogens with zero attached hydrogens (tertiary/aromatic N) is 1. The lowest BCUT2D eigenvalue weighted by atomic mass is 10.1. The van der Waals surface area contributed by atoms with E-state index < -0.39 is 0 Å². The van der Waals surface area contributed by atoms with Gasteiger partial charge in [-0.3, -0.25) is 0 Å². The van der Waals surface area contributed by atoms with Crippen LogP contribution < -0.4 is 5.32 Å². The van der Waals surface area contributed by atoms with Gasteiger partial charge in [-0.25, -0.2) is 9.37 Å². The van der Waals surface area contributed by atoms with Gasteiger partial charge < -0.3 is 9.73 Å². The summed E-state index contributed by atoms with van der Waals surface area (Å²) >= 11 is 0. The number of halogens is 1. The summed E-state index contributed by atoms with van der Waals surface area (Å²) in [6.45, 7) is 2.35. The molecule has 94 valence electrons. The highest BCUT2D eigenvalue weighted by Gasteiger charge is 2.21. The summed E-state index contributed by atoms with van der Waals surface area (Å²) in [7, 11) is 0. The number of aromatic nitrogens is 1. The van der Waals surface area contributed by atoms with E-state index >= 15 is 0 Å². The van der Waals surface area contributed by atoms with Gasteiger partial charge in [-0.15, -0.1) is 0 Å². The molecule has 1 fully saturated rings. The van der Waals surface area contributed by atoms with Crippen LogP contribution in [0.4, 0.5) is 4.39 Å². The van der Waals surface area contributed by atoms with Gasteiger partial charge in [0.15, 0.2) is 5.76 Å². The lowest BCUT2D eigenvalue weighted by Crippen LogP contribution is -2.15. The Morgan fingerprint density at radius 3 is 3.06 bits per heavy atom. The summed E-state index contributed by atoms with van der Waals surface area (Å²) in [6, 6.07) is 5.88. The Morgan fingerprint density at radius 1 is 1.44 bits per heavy atom. The maximum atomic E-state index is 13.9. The second-order valence-corrected chi connectivity index (χ2v) is 4.71. The lowest BCUT2D eigenvalue weighted by molar-refractivity contribution is 0.474. The predicted octanol–water partition coefficient (Wildman–Crippen LogP) is 3.04. The van der Waals surface area contributed by atoms with Crippen molar-refractivity contribution in [3.05, 3.63) is 41.7 Å². The van der Waals surface area contributed by atoms with Crippen molar-refractivity contribution in [2.24, 2.45) is 0 Å². The molecule has 1 aromatic carbocycles. The Balaban J connectivity index is 1.80. The fraction of sp³-hybridized carbons (Fsp3) is 0.357. The van der Waals surface area contributed by atoms with E-state index in [1.54, 1.807) is 25.3 Å². The van der Waals surface area contributed by atoms with Gasteiger partial charge in [0, 0.05) is 6.04 Å². The van der Waals surface area contributed by atoms with Crippen molar-refractivity contribution in [3.8, 4) is 11.3 Å². The van der Waals surface area contributed by atoms with Gasteiger partial charge in [-0.1, -0.05) is 12.1 Å². The Labute approximate surface area is 105 Å². The number of hydrogen-bond acceptors (Lipinski definition) is 3. The topological polar surface area (TPSA) is 38.1 Å². The van der Waals surface area contributed by atoms with Crippen molar-refractivity contribution in [1.29, 1.82) is 0 Å². The van der Waals surface area contributed by atoms with Gasteiger partial charge in [0.25, 0.3) is 0 Å². The largest absolute Gasteiger partial charge is 0.439 e. The third kappa shape index (κ3) is 2.29. The summed E-state index contributed by atoms with van der Waals surface area (Å²) in [6.07, 6.45) is 4.03. The van der Waals surface area contributed by atoms with Crippen LogP contribution in [0.1, 0.15) is 24.3 Å². The molecule has 0 unspecified atom stereocenters. The zero-order chi connectivity index (χ0) is 12.5. The van der Waals surface area contributed by atoms with Crippen LogP contribution in [0.15, 0.2) is 28.8 Å². The number of nitrogens with one attached hydrogen (secondary N) is 1. The maximum absolute atomic E-state index is 13.9. The van der Waals surface area contributed by atoms with Crippen molar-refractivity contribution in [2.45, 2.75) is 32.4 Å². The molecule has 0 saturated heterocycles. The van der Waals surface area contributed by atoms with E-state index in [2.05, 4.69) is 10.3 Å². The Morgan fingerprint density at radius 2 is 2.28 bits per heavy atom. The minimum atomic E-state index is -0.240. The van der Waals surface area contributed by atoms with Crippen LogP contribution in [0, 0.1) is 12.7 Å². The molecule has 0 radical (unpaired) electrons. The zero-order valence-corrected chi connectivity index (χ0v) is 10.2. The molecule has 0 amide bonds. The van der Waals surface area contributed by atoms with E-state index in [9.17, 15) is 4.39 Å². The smallest absolute Gasteiger partial charge is 0.208 e. The Hall–Kier alpha value is -1.68. The van der Waals surface area contributed by atoms with Crippen LogP contribution in [0.3, 0.4) is 0 Å². The van der Waals surface area contributed by atoms with Crippen molar-refractivity contribution in [2.75, 3.05) is 0 Å². The van der Waals surface area contributed by atoms with Gasteiger partial charge >= 0.3 is 0 Å². The minimum absolute atomic E-state index is 0.240. The van der Waals surface area contributed by atoms with E-state index in [0.717, 1.165) is 0 Å². The molecule has 0 bridgehead atoms. The SMILES string of the molecule is Cc1cccc(-c2cnc(CNC3CC3)o2)c1F. The molecule has 2 aromatic rings. The van der Waals surface area contributed by atoms with Crippen molar-refractivity contribution < 1.29 is 8.81 Å². The van der Waals surface area contributed by atoms with Gasteiger partial charge in [0.2, 0.25) is 5.89 Å². The highest BCUT2D eigenvalue weighted by molar-refractivity contribution is 5.58. The molecule has 0 spiro atoms. The van der Waals surface area contributed by atoms with E-state index in [1.807, 2.05) is 6.07 Å².